The van der Waals surface area contributed by atoms with Gasteiger partial charge in [0.1, 0.15) is 10.8 Å². The Hall–Kier alpha value is -2.13. The molecule has 2 heterocycles. The number of allylic oxidation sites excluding steroid dienone is 1. The van der Waals surface area contributed by atoms with E-state index in [0.717, 1.165) is 48.6 Å². The van der Waals surface area contributed by atoms with Gasteiger partial charge in [0.15, 0.2) is 5.16 Å². The second-order valence-electron chi connectivity index (χ2n) is 6.90. The maximum absolute atomic E-state index is 12.5. The SMILES string of the molecule is C=CCn1c(SCC(=O)Nc2sc3c(c2C(=O)OC)CCC3)nnc1C1CC1. The molecule has 0 aromatic carbocycles. The number of carbonyl (C=O) groups is 2. The lowest BCUT2D eigenvalue weighted by atomic mass is 10.1. The van der Waals surface area contributed by atoms with Gasteiger partial charge in [-0.15, -0.1) is 28.1 Å². The zero-order chi connectivity index (χ0) is 19.7. The van der Waals surface area contributed by atoms with Crippen molar-refractivity contribution in [1.82, 2.24) is 14.8 Å². The van der Waals surface area contributed by atoms with Crippen LogP contribution in [0, 0.1) is 0 Å². The predicted octanol–water partition coefficient (Wildman–Crippen LogP) is 3.41. The van der Waals surface area contributed by atoms with Crippen molar-refractivity contribution in [3.05, 3.63) is 34.5 Å². The topological polar surface area (TPSA) is 86.1 Å². The van der Waals surface area contributed by atoms with E-state index in [2.05, 4.69) is 22.1 Å². The van der Waals surface area contributed by atoms with Crippen molar-refractivity contribution in [1.29, 1.82) is 0 Å². The van der Waals surface area contributed by atoms with Crippen molar-refractivity contribution in [3.63, 3.8) is 0 Å². The zero-order valence-electron chi connectivity index (χ0n) is 15.7. The summed E-state index contributed by atoms with van der Waals surface area (Å²) in [7, 11) is 1.37. The number of rotatable bonds is 8. The monoisotopic (exact) mass is 418 g/mol. The van der Waals surface area contributed by atoms with Crippen molar-refractivity contribution in [2.45, 2.75) is 49.7 Å². The minimum atomic E-state index is -0.387. The molecule has 1 N–H and O–H groups in total. The molecule has 9 heteroatoms. The second kappa shape index (κ2) is 8.08. The van der Waals surface area contributed by atoms with E-state index in [9.17, 15) is 9.59 Å². The molecule has 0 radical (unpaired) electrons. The predicted molar refractivity (Wildman–Crippen MR) is 109 cm³/mol. The quantitative estimate of drug-likeness (QED) is 0.402. The van der Waals surface area contributed by atoms with Gasteiger partial charge in [-0.2, -0.15) is 0 Å². The van der Waals surface area contributed by atoms with Crippen molar-refractivity contribution >= 4 is 40.0 Å². The third-order valence-corrected chi connectivity index (χ3v) is 7.07. The van der Waals surface area contributed by atoms with Crippen LogP contribution in [0.15, 0.2) is 17.8 Å². The van der Waals surface area contributed by atoms with Crippen LogP contribution in [0.1, 0.15) is 51.8 Å². The van der Waals surface area contributed by atoms with Gasteiger partial charge in [-0.3, -0.25) is 4.79 Å². The highest BCUT2D eigenvalue weighted by atomic mass is 32.2. The number of methoxy groups -OCH3 is 1. The second-order valence-corrected chi connectivity index (χ2v) is 8.95. The minimum absolute atomic E-state index is 0.170. The first-order chi connectivity index (χ1) is 13.6. The molecular weight excluding hydrogens is 396 g/mol. The number of fused-ring (bicyclic) bond motifs is 1. The largest absolute Gasteiger partial charge is 0.465 e. The Labute approximate surface area is 171 Å². The van der Waals surface area contributed by atoms with E-state index in [4.69, 9.17) is 4.74 Å². The fraction of sp³-hybridized carbons (Fsp3) is 0.474. The van der Waals surface area contributed by atoms with Gasteiger partial charge in [0.2, 0.25) is 5.91 Å². The first-order valence-corrected chi connectivity index (χ1v) is 11.1. The number of aryl methyl sites for hydroxylation is 1. The van der Waals surface area contributed by atoms with Crippen LogP contribution < -0.4 is 5.32 Å². The van der Waals surface area contributed by atoms with Crippen LogP contribution in [0.5, 0.6) is 0 Å². The molecule has 7 nitrogen and oxygen atoms in total. The van der Waals surface area contributed by atoms with Crippen LogP contribution >= 0.6 is 23.1 Å². The number of thioether (sulfide) groups is 1. The van der Waals surface area contributed by atoms with Crippen LogP contribution in [0.4, 0.5) is 5.00 Å². The van der Waals surface area contributed by atoms with Crippen molar-refractivity contribution in [2.24, 2.45) is 0 Å². The van der Waals surface area contributed by atoms with E-state index in [1.54, 1.807) is 0 Å². The van der Waals surface area contributed by atoms with Gasteiger partial charge in [-0.05, 0) is 37.7 Å². The molecule has 0 bridgehead atoms. The lowest BCUT2D eigenvalue weighted by molar-refractivity contribution is -0.113. The Bertz CT molecular complexity index is 930. The standard InChI is InChI=1S/C19H22N4O3S2/c1-3-9-23-16(11-7-8-11)21-22-19(23)27-10-14(24)20-17-15(18(25)26-2)12-5-4-6-13(12)28-17/h3,11H,1,4-10H2,2H3,(H,20,24). The van der Waals surface area contributed by atoms with Crippen molar-refractivity contribution in [2.75, 3.05) is 18.2 Å². The molecule has 0 spiro atoms. The molecule has 28 heavy (non-hydrogen) atoms. The van der Waals surface area contributed by atoms with Crippen LogP contribution in [-0.2, 0) is 28.9 Å². The maximum atomic E-state index is 12.5. The van der Waals surface area contributed by atoms with Gasteiger partial charge in [0, 0.05) is 17.3 Å². The van der Waals surface area contributed by atoms with Crippen LogP contribution in [0.3, 0.4) is 0 Å². The van der Waals surface area contributed by atoms with Crippen molar-refractivity contribution in [3.8, 4) is 0 Å². The number of hydrogen-bond donors (Lipinski definition) is 1. The molecule has 0 saturated heterocycles. The molecule has 2 aliphatic rings. The minimum Gasteiger partial charge on any atom is -0.465 e. The number of hydrogen-bond acceptors (Lipinski definition) is 7. The van der Waals surface area contributed by atoms with Gasteiger partial charge < -0.3 is 14.6 Å². The van der Waals surface area contributed by atoms with E-state index >= 15 is 0 Å². The smallest absolute Gasteiger partial charge is 0.341 e. The third kappa shape index (κ3) is 3.73. The summed E-state index contributed by atoms with van der Waals surface area (Å²) < 4.78 is 6.96. The average Bonchev–Trinajstić information content (AvgIpc) is 3.14. The Morgan fingerprint density at radius 3 is 2.93 bits per heavy atom. The van der Waals surface area contributed by atoms with E-state index in [0.29, 0.717) is 23.0 Å². The molecule has 2 aromatic rings. The van der Waals surface area contributed by atoms with Gasteiger partial charge in [0.25, 0.3) is 0 Å². The molecule has 1 fully saturated rings. The zero-order valence-corrected chi connectivity index (χ0v) is 17.3. The lowest BCUT2D eigenvalue weighted by Gasteiger charge is -2.08. The summed E-state index contributed by atoms with van der Waals surface area (Å²) in [6.45, 7) is 4.43. The van der Waals surface area contributed by atoms with E-state index < -0.39 is 0 Å². The summed E-state index contributed by atoms with van der Waals surface area (Å²) in [5.41, 5.74) is 1.55. The number of ether oxygens (including phenoxy) is 1. The fourth-order valence-corrected chi connectivity index (χ4v) is 5.50. The number of thiophene rings is 1. The average molecular weight is 419 g/mol. The first-order valence-electron chi connectivity index (χ1n) is 9.31. The number of aromatic nitrogens is 3. The van der Waals surface area contributed by atoms with E-state index in [1.807, 2.05) is 10.6 Å². The first kappa shape index (κ1) is 19.2. The lowest BCUT2D eigenvalue weighted by Crippen LogP contribution is -2.16. The summed E-state index contributed by atoms with van der Waals surface area (Å²) in [6, 6.07) is 0. The molecule has 2 aliphatic carbocycles. The molecule has 0 unspecified atom stereocenters. The summed E-state index contributed by atoms with van der Waals surface area (Å²) in [6.07, 6.45) is 6.94. The number of amides is 1. The van der Waals surface area contributed by atoms with Gasteiger partial charge in [-0.25, -0.2) is 4.79 Å². The highest BCUT2D eigenvalue weighted by molar-refractivity contribution is 7.99. The molecule has 4 rings (SSSR count). The van der Waals surface area contributed by atoms with Crippen LogP contribution in [0.2, 0.25) is 0 Å². The Morgan fingerprint density at radius 1 is 1.39 bits per heavy atom. The number of esters is 1. The highest BCUT2D eigenvalue weighted by Gasteiger charge is 2.31. The molecule has 1 amide bonds. The fourth-order valence-electron chi connectivity index (χ4n) is 3.45. The number of anilines is 1. The van der Waals surface area contributed by atoms with Crippen molar-refractivity contribution < 1.29 is 14.3 Å². The molecule has 1 saturated carbocycles. The van der Waals surface area contributed by atoms with Crippen LogP contribution in [-0.4, -0.2) is 39.5 Å². The van der Waals surface area contributed by atoms with E-state index in [-0.39, 0.29) is 17.6 Å². The third-order valence-electron chi connectivity index (χ3n) is 4.90. The Morgan fingerprint density at radius 2 is 2.21 bits per heavy atom. The molecule has 0 aliphatic heterocycles. The maximum Gasteiger partial charge on any atom is 0.341 e. The highest BCUT2D eigenvalue weighted by Crippen LogP contribution is 2.41. The normalized spacial score (nSPS) is 15.3. The molecule has 2 aromatic heterocycles. The summed E-state index contributed by atoms with van der Waals surface area (Å²) in [5.74, 6) is 1.10. The Kier molecular flexibility index (Phi) is 5.54. The van der Waals surface area contributed by atoms with Gasteiger partial charge >= 0.3 is 5.97 Å². The number of nitrogens with one attached hydrogen (secondary N) is 1. The summed E-state index contributed by atoms with van der Waals surface area (Å²) in [5, 5.41) is 12.8. The summed E-state index contributed by atoms with van der Waals surface area (Å²) >= 11 is 2.83. The number of nitrogens with zero attached hydrogens (tertiary/aromatic N) is 3. The van der Waals surface area contributed by atoms with Crippen LogP contribution in [0.25, 0.3) is 0 Å². The molecule has 0 atom stereocenters. The van der Waals surface area contributed by atoms with E-state index in [1.165, 1.54) is 35.1 Å². The Balaban J connectivity index is 1.45. The summed E-state index contributed by atoms with van der Waals surface area (Å²) in [4.78, 5) is 25.9. The van der Waals surface area contributed by atoms with Gasteiger partial charge in [-0.1, -0.05) is 17.8 Å². The number of carbonyl (C=O) groups excluding carboxylic acids is 2. The molecule has 148 valence electrons. The molecular formula is C19H22N4O3S2. The van der Waals surface area contributed by atoms with Gasteiger partial charge in [0.05, 0.1) is 18.4 Å².